The molecule has 1 aliphatic heterocycles. The molecule has 168 valence electrons. The standard InChI is InChI=1S/C23H38N4O3/c1-5-17(18-9-7-6-8-10-18)16-27-14-12-19(15-24)26-20(21(27)28)11-13-25-22(29)30-23(2,3)4/h6-10,17,19-20,26H,5,11-16,24H2,1-4H3,(H,25,29). The van der Waals surface area contributed by atoms with Crippen LogP contribution in [0.15, 0.2) is 30.3 Å². The van der Waals surface area contributed by atoms with Crippen molar-refractivity contribution >= 4 is 12.0 Å². The largest absolute Gasteiger partial charge is 0.444 e. The van der Waals surface area contributed by atoms with Gasteiger partial charge >= 0.3 is 6.09 Å². The fourth-order valence-corrected chi connectivity index (χ4v) is 3.75. The van der Waals surface area contributed by atoms with Crippen molar-refractivity contribution < 1.29 is 14.3 Å². The van der Waals surface area contributed by atoms with Crippen LogP contribution in [0.3, 0.4) is 0 Å². The lowest BCUT2D eigenvalue weighted by Gasteiger charge is -2.28. The van der Waals surface area contributed by atoms with E-state index in [0.717, 1.165) is 12.8 Å². The maximum Gasteiger partial charge on any atom is 0.407 e. The summed E-state index contributed by atoms with van der Waals surface area (Å²) in [7, 11) is 0. The first kappa shape index (κ1) is 24.2. The van der Waals surface area contributed by atoms with E-state index in [1.807, 2.05) is 43.9 Å². The van der Waals surface area contributed by atoms with Gasteiger partial charge in [-0.05, 0) is 45.6 Å². The summed E-state index contributed by atoms with van der Waals surface area (Å²) in [4.78, 5) is 27.1. The van der Waals surface area contributed by atoms with Gasteiger partial charge in [0.15, 0.2) is 0 Å². The molecular weight excluding hydrogens is 380 g/mol. The number of ether oxygens (including phenoxy) is 1. The SMILES string of the molecule is CCC(CN1CCC(CN)NC(CCNC(=O)OC(C)(C)C)C1=O)c1ccccc1. The molecule has 4 N–H and O–H groups in total. The molecule has 0 spiro atoms. The number of amides is 2. The number of hydrogen-bond acceptors (Lipinski definition) is 5. The Hall–Kier alpha value is -2.12. The molecule has 1 aromatic rings. The van der Waals surface area contributed by atoms with Gasteiger partial charge in [-0.25, -0.2) is 4.79 Å². The highest BCUT2D eigenvalue weighted by atomic mass is 16.6. The van der Waals surface area contributed by atoms with Crippen LogP contribution in [-0.4, -0.2) is 60.8 Å². The van der Waals surface area contributed by atoms with Gasteiger partial charge in [0.1, 0.15) is 5.60 Å². The Balaban J connectivity index is 2.00. The van der Waals surface area contributed by atoms with Crippen LogP contribution in [0.25, 0.3) is 0 Å². The van der Waals surface area contributed by atoms with Crippen LogP contribution in [0.2, 0.25) is 0 Å². The van der Waals surface area contributed by atoms with E-state index in [0.29, 0.717) is 38.5 Å². The number of carbonyl (C=O) groups is 2. The first-order valence-electron chi connectivity index (χ1n) is 11.0. The van der Waals surface area contributed by atoms with Crippen LogP contribution < -0.4 is 16.4 Å². The molecule has 2 rings (SSSR count). The van der Waals surface area contributed by atoms with Crippen LogP contribution in [0.5, 0.6) is 0 Å². The third-order valence-corrected chi connectivity index (χ3v) is 5.38. The maximum absolute atomic E-state index is 13.3. The third kappa shape index (κ3) is 7.61. The molecule has 1 saturated heterocycles. The molecule has 3 unspecified atom stereocenters. The number of nitrogens with two attached hydrogens (primary N) is 1. The summed E-state index contributed by atoms with van der Waals surface area (Å²) in [5, 5.41) is 6.14. The summed E-state index contributed by atoms with van der Waals surface area (Å²) in [5.74, 6) is 0.372. The molecule has 0 aromatic heterocycles. The Morgan fingerprint density at radius 1 is 1.33 bits per heavy atom. The molecular formula is C23H38N4O3. The number of nitrogens with zero attached hydrogens (tertiary/aromatic N) is 1. The van der Waals surface area contributed by atoms with Crippen molar-refractivity contribution in [3.8, 4) is 0 Å². The van der Waals surface area contributed by atoms with Crippen molar-refractivity contribution in [3.05, 3.63) is 35.9 Å². The van der Waals surface area contributed by atoms with Crippen LogP contribution in [-0.2, 0) is 9.53 Å². The van der Waals surface area contributed by atoms with Gasteiger partial charge in [0.25, 0.3) is 0 Å². The first-order chi connectivity index (χ1) is 14.2. The highest BCUT2D eigenvalue weighted by molar-refractivity contribution is 5.82. The zero-order chi connectivity index (χ0) is 22.1. The molecule has 7 heteroatoms. The lowest BCUT2D eigenvalue weighted by atomic mass is 9.95. The molecule has 3 atom stereocenters. The van der Waals surface area contributed by atoms with Crippen LogP contribution >= 0.6 is 0 Å². The summed E-state index contributed by atoms with van der Waals surface area (Å²) < 4.78 is 5.27. The summed E-state index contributed by atoms with van der Waals surface area (Å²) in [6.07, 6.45) is 1.81. The molecule has 30 heavy (non-hydrogen) atoms. The lowest BCUT2D eigenvalue weighted by molar-refractivity contribution is -0.133. The quantitative estimate of drug-likeness (QED) is 0.603. The number of rotatable bonds is 8. The zero-order valence-electron chi connectivity index (χ0n) is 18.8. The van der Waals surface area contributed by atoms with E-state index in [1.54, 1.807) is 0 Å². The van der Waals surface area contributed by atoms with Crippen molar-refractivity contribution in [2.24, 2.45) is 5.73 Å². The fourth-order valence-electron chi connectivity index (χ4n) is 3.75. The summed E-state index contributed by atoms with van der Waals surface area (Å²) in [6.45, 7) is 9.84. The van der Waals surface area contributed by atoms with Gasteiger partial charge < -0.3 is 26.0 Å². The topological polar surface area (TPSA) is 96.7 Å². The number of alkyl carbamates (subject to hydrolysis) is 1. The smallest absolute Gasteiger partial charge is 0.407 e. The average molecular weight is 419 g/mol. The second-order valence-corrected chi connectivity index (χ2v) is 8.96. The second kappa shape index (κ2) is 11.3. The van der Waals surface area contributed by atoms with Crippen molar-refractivity contribution in [1.82, 2.24) is 15.5 Å². The molecule has 1 aromatic carbocycles. The molecule has 0 saturated carbocycles. The van der Waals surface area contributed by atoms with Gasteiger partial charge in [-0.1, -0.05) is 37.3 Å². The van der Waals surface area contributed by atoms with Gasteiger partial charge in [0, 0.05) is 38.1 Å². The van der Waals surface area contributed by atoms with Crippen molar-refractivity contribution in [2.75, 3.05) is 26.2 Å². The van der Waals surface area contributed by atoms with E-state index in [2.05, 4.69) is 29.7 Å². The predicted octanol–water partition coefficient (Wildman–Crippen LogP) is 2.61. The number of carbonyl (C=O) groups excluding carboxylic acids is 2. The van der Waals surface area contributed by atoms with E-state index < -0.39 is 11.7 Å². The Bertz CT molecular complexity index is 675. The Labute approximate surface area is 180 Å². The third-order valence-electron chi connectivity index (χ3n) is 5.38. The summed E-state index contributed by atoms with van der Waals surface area (Å²) in [6, 6.07) is 10.1. The van der Waals surface area contributed by atoms with E-state index in [4.69, 9.17) is 10.5 Å². The van der Waals surface area contributed by atoms with Gasteiger partial charge in [-0.15, -0.1) is 0 Å². The fraction of sp³-hybridized carbons (Fsp3) is 0.652. The van der Waals surface area contributed by atoms with Gasteiger partial charge in [-0.2, -0.15) is 0 Å². The molecule has 1 heterocycles. The number of hydrogen-bond donors (Lipinski definition) is 3. The van der Waals surface area contributed by atoms with E-state index in [-0.39, 0.29) is 18.0 Å². The lowest BCUT2D eigenvalue weighted by Crippen LogP contribution is -2.49. The van der Waals surface area contributed by atoms with E-state index in [1.165, 1.54) is 5.56 Å². The van der Waals surface area contributed by atoms with Crippen LogP contribution in [0, 0.1) is 0 Å². The van der Waals surface area contributed by atoms with E-state index >= 15 is 0 Å². The van der Waals surface area contributed by atoms with Crippen molar-refractivity contribution in [2.45, 2.75) is 70.6 Å². The molecule has 2 amide bonds. The molecule has 0 radical (unpaired) electrons. The Kier molecular flexibility index (Phi) is 9.11. The van der Waals surface area contributed by atoms with Crippen LogP contribution in [0.1, 0.15) is 58.4 Å². The molecule has 0 aliphatic carbocycles. The maximum atomic E-state index is 13.3. The zero-order valence-corrected chi connectivity index (χ0v) is 18.8. The van der Waals surface area contributed by atoms with Gasteiger partial charge in [0.05, 0.1) is 6.04 Å². The minimum atomic E-state index is -0.547. The minimum Gasteiger partial charge on any atom is -0.444 e. The summed E-state index contributed by atoms with van der Waals surface area (Å²) >= 11 is 0. The first-order valence-corrected chi connectivity index (χ1v) is 11.0. The van der Waals surface area contributed by atoms with Gasteiger partial charge in [0.2, 0.25) is 5.91 Å². The van der Waals surface area contributed by atoms with Crippen molar-refractivity contribution in [1.29, 1.82) is 0 Å². The highest BCUT2D eigenvalue weighted by Gasteiger charge is 2.31. The monoisotopic (exact) mass is 418 g/mol. The summed E-state index contributed by atoms with van der Waals surface area (Å²) in [5.41, 5.74) is 6.61. The Morgan fingerprint density at radius 3 is 2.63 bits per heavy atom. The minimum absolute atomic E-state index is 0.0753. The normalized spacial score (nSPS) is 21.1. The molecule has 1 fully saturated rings. The molecule has 0 bridgehead atoms. The second-order valence-electron chi connectivity index (χ2n) is 8.96. The molecule has 7 nitrogen and oxygen atoms in total. The van der Waals surface area contributed by atoms with Gasteiger partial charge in [-0.3, -0.25) is 4.79 Å². The van der Waals surface area contributed by atoms with Crippen LogP contribution in [0.4, 0.5) is 4.79 Å². The molecule has 1 aliphatic rings. The highest BCUT2D eigenvalue weighted by Crippen LogP contribution is 2.22. The Morgan fingerprint density at radius 2 is 2.03 bits per heavy atom. The number of benzene rings is 1. The average Bonchev–Trinajstić information content (AvgIpc) is 2.84. The number of nitrogens with one attached hydrogen (secondary N) is 2. The van der Waals surface area contributed by atoms with E-state index in [9.17, 15) is 9.59 Å². The predicted molar refractivity (Wildman–Crippen MR) is 119 cm³/mol. The van der Waals surface area contributed by atoms with Crippen molar-refractivity contribution in [3.63, 3.8) is 0 Å².